The normalized spacial score (nSPS) is 13.2. The van der Waals surface area contributed by atoms with Gasteiger partial charge in [0.05, 0.1) is 6.20 Å². The summed E-state index contributed by atoms with van der Waals surface area (Å²) in [6.07, 6.45) is 1.02. The largest absolute Gasteiger partial charge is 0.459 e. The highest BCUT2D eigenvalue weighted by Gasteiger charge is 2.23. The summed E-state index contributed by atoms with van der Waals surface area (Å²) in [4.78, 5) is 15.2. The fraction of sp³-hybridized carbons (Fsp3) is 0.500. The number of pyridine rings is 1. The zero-order valence-electron chi connectivity index (χ0n) is 10.5. The Bertz CT molecular complexity index is 446. The van der Waals surface area contributed by atoms with Crippen LogP contribution in [0.1, 0.15) is 26.3 Å². The topological polar surface area (TPSA) is 65.2 Å². The lowest BCUT2D eigenvalue weighted by atomic mass is 10.1. The summed E-state index contributed by atoms with van der Waals surface area (Å²) in [5.74, 6) is -1.12. The average Bonchev–Trinajstić information content (AvgIpc) is 2.21. The first-order valence-corrected chi connectivity index (χ1v) is 5.85. The van der Waals surface area contributed by atoms with E-state index < -0.39 is 23.4 Å². The summed E-state index contributed by atoms with van der Waals surface area (Å²) in [6, 6.07) is 0.415. The molecule has 0 unspecified atom stereocenters. The molecule has 0 aromatic carbocycles. The maximum atomic E-state index is 13.4. The van der Waals surface area contributed by atoms with Gasteiger partial charge in [0.2, 0.25) is 0 Å². The van der Waals surface area contributed by atoms with Crippen LogP contribution in [0.15, 0.2) is 12.3 Å². The lowest BCUT2D eigenvalue weighted by Gasteiger charge is -2.22. The van der Waals surface area contributed by atoms with Gasteiger partial charge in [0.15, 0.2) is 0 Å². The van der Waals surface area contributed by atoms with Crippen LogP contribution >= 0.6 is 11.6 Å². The molecule has 18 heavy (non-hydrogen) atoms. The van der Waals surface area contributed by atoms with Gasteiger partial charge in [0.1, 0.15) is 22.6 Å². The maximum absolute atomic E-state index is 13.4. The number of carbonyl (C=O) groups excluding carboxylic acids is 1. The van der Waals surface area contributed by atoms with Crippen LogP contribution in [-0.4, -0.2) is 22.6 Å². The molecule has 1 atom stereocenters. The van der Waals surface area contributed by atoms with E-state index in [0.29, 0.717) is 0 Å². The molecule has 0 aliphatic carbocycles. The predicted octanol–water partition coefficient (Wildman–Crippen LogP) is 2.09. The standard InChI is InChI=1S/C12H16ClFN2O2/c1-12(2,3)18-11(17)9(15)4-7-5-10(13)16-6-8(7)14/h5-6,9H,4,15H2,1-3H3/t9-/m0/s1. The lowest BCUT2D eigenvalue weighted by Crippen LogP contribution is -2.39. The predicted molar refractivity (Wildman–Crippen MR) is 66.7 cm³/mol. The summed E-state index contributed by atoms with van der Waals surface area (Å²) in [5.41, 5.74) is 5.29. The quantitative estimate of drug-likeness (QED) is 0.677. The second kappa shape index (κ2) is 5.63. The molecule has 1 heterocycles. The van der Waals surface area contributed by atoms with E-state index in [2.05, 4.69) is 4.98 Å². The summed E-state index contributed by atoms with van der Waals surface area (Å²) in [6.45, 7) is 5.21. The minimum absolute atomic E-state index is 0.0169. The van der Waals surface area contributed by atoms with Crippen molar-refractivity contribution in [2.24, 2.45) is 5.73 Å². The molecule has 0 amide bonds. The Kier molecular flexibility index (Phi) is 4.65. The van der Waals surface area contributed by atoms with Gasteiger partial charge in [-0.05, 0) is 32.4 Å². The van der Waals surface area contributed by atoms with Crippen molar-refractivity contribution in [2.45, 2.75) is 38.8 Å². The Hall–Kier alpha value is -1.20. The number of halogens is 2. The van der Waals surface area contributed by atoms with Gasteiger partial charge in [0.25, 0.3) is 0 Å². The Balaban J connectivity index is 2.72. The Morgan fingerprint density at radius 2 is 2.22 bits per heavy atom. The number of hydrogen-bond donors (Lipinski definition) is 1. The van der Waals surface area contributed by atoms with Crippen LogP contribution in [0.4, 0.5) is 4.39 Å². The summed E-state index contributed by atoms with van der Waals surface area (Å²) >= 11 is 5.65. The number of hydrogen-bond acceptors (Lipinski definition) is 4. The summed E-state index contributed by atoms with van der Waals surface area (Å²) in [5, 5.41) is 0.155. The van der Waals surface area contributed by atoms with E-state index in [9.17, 15) is 9.18 Å². The molecule has 0 aliphatic rings. The van der Waals surface area contributed by atoms with Gasteiger partial charge in [-0.3, -0.25) is 4.79 Å². The number of nitrogens with two attached hydrogens (primary N) is 1. The van der Waals surface area contributed by atoms with Crippen LogP contribution < -0.4 is 5.73 Å². The van der Waals surface area contributed by atoms with Crippen molar-refractivity contribution < 1.29 is 13.9 Å². The van der Waals surface area contributed by atoms with Crippen LogP contribution in [-0.2, 0) is 16.0 Å². The van der Waals surface area contributed by atoms with E-state index >= 15 is 0 Å². The highest BCUT2D eigenvalue weighted by molar-refractivity contribution is 6.29. The van der Waals surface area contributed by atoms with Gasteiger partial charge >= 0.3 is 5.97 Å². The van der Waals surface area contributed by atoms with Gasteiger partial charge in [-0.2, -0.15) is 0 Å². The number of rotatable bonds is 3. The third kappa shape index (κ3) is 4.58. The first kappa shape index (κ1) is 14.9. The second-order valence-corrected chi connectivity index (χ2v) is 5.33. The zero-order chi connectivity index (χ0) is 13.9. The van der Waals surface area contributed by atoms with Crippen molar-refractivity contribution in [1.29, 1.82) is 0 Å². The van der Waals surface area contributed by atoms with E-state index in [0.717, 1.165) is 6.20 Å². The lowest BCUT2D eigenvalue weighted by molar-refractivity contribution is -0.156. The molecule has 4 nitrogen and oxygen atoms in total. The molecule has 6 heteroatoms. The molecule has 1 aromatic heterocycles. The van der Waals surface area contributed by atoms with Gasteiger partial charge in [-0.1, -0.05) is 11.6 Å². The molecule has 0 fully saturated rings. The molecular formula is C12H16ClFN2O2. The highest BCUT2D eigenvalue weighted by Crippen LogP contribution is 2.15. The molecule has 0 spiro atoms. The van der Waals surface area contributed by atoms with Gasteiger partial charge in [-0.25, -0.2) is 9.37 Å². The van der Waals surface area contributed by atoms with Crippen molar-refractivity contribution in [2.75, 3.05) is 0 Å². The van der Waals surface area contributed by atoms with E-state index in [4.69, 9.17) is 22.1 Å². The minimum Gasteiger partial charge on any atom is -0.459 e. The maximum Gasteiger partial charge on any atom is 0.323 e. The number of nitrogens with zero attached hydrogens (tertiary/aromatic N) is 1. The van der Waals surface area contributed by atoms with Crippen molar-refractivity contribution in [3.8, 4) is 0 Å². The summed E-state index contributed by atoms with van der Waals surface area (Å²) in [7, 11) is 0. The van der Waals surface area contributed by atoms with Crippen LogP contribution in [0, 0.1) is 5.82 Å². The molecule has 1 aromatic rings. The van der Waals surface area contributed by atoms with Crippen molar-refractivity contribution in [1.82, 2.24) is 4.98 Å². The van der Waals surface area contributed by atoms with Crippen molar-refractivity contribution in [3.63, 3.8) is 0 Å². The fourth-order valence-corrected chi connectivity index (χ4v) is 1.49. The van der Waals surface area contributed by atoms with E-state index in [1.807, 2.05) is 0 Å². The van der Waals surface area contributed by atoms with Crippen LogP contribution in [0.5, 0.6) is 0 Å². The monoisotopic (exact) mass is 274 g/mol. The van der Waals surface area contributed by atoms with E-state index in [-0.39, 0.29) is 17.1 Å². The van der Waals surface area contributed by atoms with Crippen molar-refractivity contribution in [3.05, 3.63) is 28.8 Å². The highest BCUT2D eigenvalue weighted by atomic mass is 35.5. The molecule has 0 radical (unpaired) electrons. The van der Waals surface area contributed by atoms with Crippen LogP contribution in [0.2, 0.25) is 5.15 Å². The SMILES string of the molecule is CC(C)(C)OC(=O)[C@@H](N)Cc1cc(Cl)ncc1F. The van der Waals surface area contributed by atoms with Gasteiger partial charge < -0.3 is 10.5 Å². The molecule has 0 saturated heterocycles. The first-order chi connectivity index (χ1) is 8.19. The fourth-order valence-electron chi connectivity index (χ4n) is 1.31. The zero-order valence-corrected chi connectivity index (χ0v) is 11.3. The Labute approximate surface area is 110 Å². The third-order valence-electron chi connectivity index (χ3n) is 2.05. The molecule has 0 saturated carbocycles. The molecule has 0 bridgehead atoms. The molecule has 1 rings (SSSR count). The smallest absolute Gasteiger partial charge is 0.323 e. The molecule has 0 aliphatic heterocycles. The number of carbonyl (C=O) groups is 1. The van der Waals surface area contributed by atoms with Crippen LogP contribution in [0.25, 0.3) is 0 Å². The number of aromatic nitrogens is 1. The molecule has 2 N–H and O–H groups in total. The minimum atomic E-state index is -0.933. The van der Waals surface area contributed by atoms with E-state index in [1.165, 1.54) is 6.07 Å². The summed E-state index contributed by atoms with van der Waals surface area (Å²) < 4.78 is 18.5. The van der Waals surface area contributed by atoms with E-state index in [1.54, 1.807) is 20.8 Å². The number of esters is 1. The third-order valence-corrected chi connectivity index (χ3v) is 2.26. The first-order valence-electron chi connectivity index (χ1n) is 5.47. The van der Waals surface area contributed by atoms with Crippen LogP contribution in [0.3, 0.4) is 0 Å². The molecule has 100 valence electrons. The van der Waals surface area contributed by atoms with Gasteiger partial charge in [-0.15, -0.1) is 0 Å². The molecular weight excluding hydrogens is 259 g/mol. The second-order valence-electron chi connectivity index (χ2n) is 4.94. The Morgan fingerprint density at radius 1 is 1.61 bits per heavy atom. The average molecular weight is 275 g/mol. The van der Waals surface area contributed by atoms with Gasteiger partial charge in [0, 0.05) is 6.42 Å². The number of ether oxygens (including phenoxy) is 1. The Morgan fingerprint density at radius 3 is 2.78 bits per heavy atom. The van der Waals surface area contributed by atoms with Crippen molar-refractivity contribution >= 4 is 17.6 Å².